The smallest absolute Gasteiger partial charge is 0.288 e. The van der Waals surface area contributed by atoms with E-state index >= 15 is 0 Å². The number of carbonyl (C=O) groups excluding carboxylic acids is 2. The lowest BCUT2D eigenvalue weighted by Crippen LogP contribution is -2.43. The number of hydrogen-bond acceptors (Lipinski definition) is 6. The summed E-state index contributed by atoms with van der Waals surface area (Å²) in [6, 6.07) is 16.1. The van der Waals surface area contributed by atoms with E-state index in [9.17, 15) is 19.7 Å². The van der Waals surface area contributed by atoms with Gasteiger partial charge in [-0.2, -0.15) is 0 Å². The second-order valence-electron chi connectivity index (χ2n) is 9.09. The van der Waals surface area contributed by atoms with Gasteiger partial charge in [-0.3, -0.25) is 19.7 Å². The van der Waals surface area contributed by atoms with Crippen LogP contribution < -0.4 is 15.4 Å². The summed E-state index contributed by atoms with van der Waals surface area (Å²) in [6.07, 6.45) is 2.38. The molecule has 3 aromatic rings. The third kappa shape index (κ3) is 5.39. The van der Waals surface area contributed by atoms with Gasteiger partial charge >= 0.3 is 0 Å². The van der Waals surface area contributed by atoms with E-state index in [1.807, 2.05) is 18.2 Å². The molecule has 0 saturated carbocycles. The summed E-state index contributed by atoms with van der Waals surface area (Å²) in [6.45, 7) is 4.15. The van der Waals surface area contributed by atoms with Gasteiger partial charge in [-0.1, -0.05) is 17.7 Å². The highest BCUT2D eigenvalue weighted by Crippen LogP contribution is 2.32. The molecule has 1 aliphatic heterocycles. The molecule has 1 heterocycles. The molecule has 8 nitrogen and oxygen atoms in total. The molecular formula is C27H24ClN3O5. The number of hydrogen-bond donors (Lipinski definition) is 2. The van der Waals surface area contributed by atoms with E-state index in [0.29, 0.717) is 22.7 Å². The maximum atomic E-state index is 13.1. The predicted octanol–water partition coefficient (Wildman–Crippen LogP) is 5.66. The number of allylic oxidation sites excluding steroid dienone is 1. The lowest BCUT2D eigenvalue weighted by molar-refractivity contribution is -0.384. The van der Waals surface area contributed by atoms with E-state index in [0.717, 1.165) is 23.6 Å². The Hall–Kier alpha value is -4.17. The molecule has 0 bridgehead atoms. The zero-order valence-corrected chi connectivity index (χ0v) is 20.7. The first kappa shape index (κ1) is 24.9. The molecule has 1 aliphatic rings. The van der Waals surface area contributed by atoms with Gasteiger partial charge in [0.1, 0.15) is 10.8 Å². The van der Waals surface area contributed by atoms with Crippen LogP contribution in [0.15, 0.2) is 66.7 Å². The molecule has 36 heavy (non-hydrogen) atoms. The summed E-state index contributed by atoms with van der Waals surface area (Å²) in [4.78, 5) is 36.0. The number of nitrogens with zero attached hydrogens (tertiary/aromatic N) is 1. The average molecular weight is 506 g/mol. The number of nitro groups is 1. The number of nitrogens with one attached hydrogen (secondary N) is 2. The van der Waals surface area contributed by atoms with Crippen molar-refractivity contribution in [2.24, 2.45) is 0 Å². The van der Waals surface area contributed by atoms with Crippen molar-refractivity contribution in [1.82, 2.24) is 5.32 Å². The van der Waals surface area contributed by atoms with Crippen LogP contribution >= 0.6 is 11.6 Å². The molecule has 9 heteroatoms. The van der Waals surface area contributed by atoms with Gasteiger partial charge in [0.2, 0.25) is 0 Å². The fourth-order valence-corrected chi connectivity index (χ4v) is 4.27. The third-order valence-electron chi connectivity index (χ3n) is 5.82. The van der Waals surface area contributed by atoms with Gasteiger partial charge in [-0.15, -0.1) is 0 Å². The fraction of sp³-hybridized carbons (Fsp3) is 0.185. The maximum Gasteiger partial charge on any atom is 0.288 e. The van der Waals surface area contributed by atoms with Gasteiger partial charge < -0.3 is 15.4 Å². The molecule has 0 spiro atoms. The molecule has 184 valence electrons. The lowest BCUT2D eigenvalue weighted by atomic mass is 9.85. The van der Waals surface area contributed by atoms with Crippen LogP contribution in [-0.2, 0) is 6.42 Å². The largest absolute Gasteiger partial charge is 0.497 e. The first-order valence-electron chi connectivity index (χ1n) is 11.1. The summed E-state index contributed by atoms with van der Waals surface area (Å²) < 4.78 is 5.36. The Labute approximate surface area is 213 Å². The second-order valence-corrected chi connectivity index (χ2v) is 9.49. The van der Waals surface area contributed by atoms with Crippen molar-refractivity contribution in [3.8, 4) is 5.75 Å². The first-order chi connectivity index (χ1) is 17.1. The minimum atomic E-state index is -0.648. The number of ether oxygens (including phenoxy) is 1. The summed E-state index contributed by atoms with van der Waals surface area (Å²) in [5, 5.41) is 17.1. The number of nitro benzene ring substituents is 1. The highest BCUT2D eigenvalue weighted by molar-refractivity contribution is 6.32. The highest BCUT2D eigenvalue weighted by atomic mass is 35.5. The van der Waals surface area contributed by atoms with Gasteiger partial charge in [0.15, 0.2) is 5.78 Å². The molecule has 0 fully saturated rings. The van der Waals surface area contributed by atoms with Gasteiger partial charge in [-0.25, -0.2) is 0 Å². The number of carbonyl (C=O) groups is 2. The topological polar surface area (TPSA) is 111 Å². The van der Waals surface area contributed by atoms with E-state index in [1.165, 1.54) is 12.1 Å². The number of fused-ring (bicyclic) bond motifs is 1. The van der Waals surface area contributed by atoms with E-state index in [-0.39, 0.29) is 27.6 Å². The van der Waals surface area contributed by atoms with Crippen LogP contribution in [-0.4, -0.2) is 29.3 Å². The van der Waals surface area contributed by atoms with Crippen molar-refractivity contribution in [2.45, 2.75) is 25.8 Å². The van der Waals surface area contributed by atoms with E-state index < -0.39 is 10.8 Å². The summed E-state index contributed by atoms with van der Waals surface area (Å²) in [7, 11) is 1.60. The zero-order valence-electron chi connectivity index (χ0n) is 19.9. The molecule has 0 saturated heterocycles. The normalized spacial score (nSPS) is 14.9. The number of amides is 1. The van der Waals surface area contributed by atoms with Crippen LogP contribution in [0.25, 0.3) is 5.70 Å². The molecule has 3 aromatic carbocycles. The zero-order chi connectivity index (χ0) is 26.0. The van der Waals surface area contributed by atoms with Crippen LogP contribution in [0.3, 0.4) is 0 Å². The Bertz CT molecular complexity index is 1400. The van der Waals surface area contributed by atoms with E-state index in [1.54, 1.807) is 37.5 Å². The molecule has 2 N–H and O–H groups in total. The summed E-state index contributed by atoms with van der Waals surface area (Å²) in [5.41, 5.74) is 3.16. The second kappa shape index (κ2) is 9.83. The van der Waals surface area contributed by atoms with Crippen molar-refractivity contribution in [1.29, 1.82) is 0 Å². The number of ketones is 1. The Morgan fingerprint density at radius 3 is 2.44 bits per heavy atom. The minimum Gasteiger partial charge on any atom is -0.497 e. The fourth-order valence-electron chi connectivity index (χ4n) is 4.08. The molecule has 1 amide bonds. The quantitative estimate of drug-likeness (QED) is 0.194. The Morgan fingerprint density at radius 1 is 1.08 bits per heavy atom. The number of rotatable bonds is 6. The van der Waals surface area contributed by atoms with E-state index in [2.05, 4.69) is 24.5 Å². The van der Waals surface area contributed by atoms with Gasteiger partial charge in [0, 0.05) is 45.8 Å². The molecule has 0 aromatic heterocycles. The van der Waals surface area contributed by atoms with Crippen molar-refractivity contribution >= 4 is 40.4 Å². The highest BCUT2D eigenvalue weighted by Gasteiger charge is 2.28. The van der Waals surface area contributed by atoms with Crippen LogP contribution in [0.1, 0.15) is 45.7 Å². The standard InChI is InChI=1S/C27H24ClN3O5/c1-27(2)15-18-6-10-20(36-3)13-21(18)23(30-27)14-25(32)16-4-8-19(9-5-16)29-26(33)17-7-11-22(28)24(12-17)31(34)35/h4-14,30H,15H2,1-3H3,(H,29,33)/b23-14-. The van der Waals surface area contributed by atoms with Crippen molar-refractivity contribution in [3.63, 3.8) is 0 Å². The number of halogens is 1. The average Bonchev–Trinajstić information content (AvgIpc) is 2.83. The van der Waals surface area contributed by atoms with Crippen molar-refractivity contribution in [2.75, 3.05) is 12.4 Å². The first-order valence-corrected chi connectivity index (χ1v) is 11.5. The monoisotopic (exact) mass is 505 g/mol. The lowest BCUT2D eigenvalue weighted by Gasteiger charge is -2.35. The van der Waals surface area contributed by atoms with Gasteiger partial charge in [0.05, 0.1) is 12.0 Å². The van der Waals surface area contributed by atoms with Crippen LogP contribution in [0, 0.1) is 10.1 Å². The third-order valence-corrected chi connectivity index (χ3v) is 6.14. The Balaban J connectivity index is 1.53. The number of methoxy groups -OCH3 is 1. The maximum absolute atomic E-state index is 13.1. The molecule has 0 radical (unpaired) electrons. The SMILES string of the molecule is COc1ccc2c(c1)/C(=C/C(=O)c1ccc(NC(=O)c3ccc(Cl)c([N+](=O)[O-])c3)cc1)NC(C)(C)C2. The number of benzene rings is 3. The Morgan fingerprint density at radius 2 is 1.78 bits per heavy atom. The van der Waals surface area contributed by atoms with Crippen molar-refractivity contribution in [3.05, 3.63) is 104 Å². The van der Waals surface area contributed by atoms with E-state index in [4.69, 9.17) is 16.3 Å². The van der Waals surface area contributed by atoms with Gasteiger partial charge in [0.25, 0.3) is 11.6 Å². The predicted molar refractivity (Wildman–Crippen MR) is 139 cm³/mol. The molecule has 0 atom stereocenters. The van der Waals surface area contributed by atoms with Crippen LogP contribution in [0.2, 0.25) is 5.02 Å². The van der Waals surface area contributed by atoms with Crippen LogP contribution in [0.4, 0.5) is 11.4 Å². The van der Waals surface area contributed by atoms with Crippen LogP contribution in [0.5, 0.6) is 5.75 Å². The molecule has 0 aliphatic carbocycles. The molecule has 4 rings (SSSR count). The minimum absolute atomic E-state index is 0.0505. The summed E-state index contributed by atoms with van der Waals surface area (Å²) >= 11 is 5.81. The molecular weight excluding hydrogens is 482 g/mol. The Kier molecular flexibility index (Phi) is 6.81. The summed E-state index contributed by atoms with van der Waals surface area (Å²) in [5.74, 6) is -0.0231. The van der Waals surface area contributed by atoms with Crippen molar-refractivity contribution < 1.29 is 19.2 Å². The molecule has 0 unspecified atom stereocenters. The van der Waals surface area contributed by atoms with Gasteiger partial charge in [-0.05, 0) is 74.4 Å². The number of anilines is 1.